The second-order valence-electron chi connectivity index (χ2n) is 7.11. The minimum Gasteiger partial charge on any atom is -0.475 e. The number of pyridine rings is 1. The Morgan fingerprint density at radius 2 is 1.74 bits per heavy atom. The number of aliphatic carboxylic acids is 1. The van der Waals surface area contributed by atoms with E-state index >= 15 is 0 Å². The van der Waals surface area contributed by atoms with E-state index in [9.17, 15) is 26.7 Å². The number of benzene rings is 2. The van der Waals surface area contributed by atoms with E-state index in [0.717, 1.165) is 11.6 Å². The molecule has 0 fully saturated rings. The van der Waals surface area contributed by atoms with Gasteiger partial charge in [-0.25, -0.2) is 13.6 Å². The number of anilines is 1. The van der Waals surface area contributed by atoms with Gasteiger partial charge in [-0.15, -0.1) is 0 Å². The number of nitriles is 1. The van der Waals surface area contributed by atoms with Crippen LogP contribution in [-0.2, 0) is 17.9 Å². The first-order chi connectivity index (χ1) is 16.3. The van der Waals surface area contributed by atoms with E-state index in [0.29, 0.717) is 23.5 Å². The summed E-state index contributed by atoms with van der Waals surface area (Å²) in [4.78, 5) is 21.6. The normalized spacial score (nSPS) is 10.7. The maximum Gasteiger partial charge on any atom is 0.490 e. The van der Waals surface area contributed by atoms with Crippen LogP contribution in [0.2, 0.25) is 5.02 Å². The molecule has 0 aliphatic rings. The number of rotatable bonds is 5. The van der Waals surface area contributed by atoms with Crippen LogP contribution in [0, 0.1) is 29.9 Å². The first-order valence-corrected chi connectivity index (χ1v) is 10.1. The van der Waals surface area contributed by atoms with Gasteiger partial charge in [0.15, 0.2) is 0 Å². The van der Waals surface area contributed by atoms with Gasteiger partial charge in [-0.2, -0.15) is 18.4 Å². The van der Waals surface area contributed by atoms with Gasteiger partial charge in [-0.05, 0) is 36.8 Å². The van der Waals surface area contributed by atoms with Gasteiger partial charge in [0, 0.05) is 23.9 Å². The molecule has 3 rings (SSSR count). The Balaban J connectivity index is 0.000000540. The van der Waals surface area contributed by atoms with Crippen LogP contribution in [0.5, 0.6) is 0 Å². The zero-order valence-electron chi connectivity index (χ0n) is 18.0. The molecule has 0 unspecified atom stereocenters. The van der Waals surface area contributed by atoms with Gasteiger partial charge in [0.1, 0.15) is 16.7 Å². The van der Waals surface area contributed by atoms with E-state index in [4.69, 9.17) is 26.8 Å². The molecule has 0 spiro atoms. The lowest BCUT2D eigenvalue weighted by Gasteiger charge is -2.15. The van der Waals surface area contributed by atoms with Crippen molar-refractivity contribution in [3.8, 4) is 6.07 Å². The third-order valence-electron chi connectivity index (χ3n) is 4.60. The van der Waals surface area contributed by atoms with Crippen molar-refractivity contribution in [1.29, 1.82) is 5.26 Å². The molecule has 0 radical (unpaired) electrons. The summed E-state index contributed by atoms with van der Waals surface area (Å²) in [5.41, 5.74) is 2.32. The zero-order valence-corrected chi connectivity index (χ0v) is 18.7. The molecule has 1 aromatic heterocycles. The Bertz CT molecular complexity index is 1320. The Morgan fingerprint density at radius 1 is 1.14 bits per heavy atom. The molecular formula is C23H17ClF5N3O3. The largest absolute Gasteiger partial charge is 0.490 e. The molecule has 0 aliphatic carbocycles. The summed E-state index contributed by atoms with van der Waals surface area (Å²) in [6.45, 7) is 2.14. The highest BCUT2D eigenvalue weighted by atomic mass is 35.5. The van der Waals surface area contributed by atoms with Gasteiger partial charge in [-0.3, -0.25) is 4.79 Å². The van der Waals surface area contributed by atoms with Crippen LogP contribution in [0.25, 0.3) is 0 Å². The molecule has 3 aromatic rings. The van der Waals surface area contributed by atoms with E-state index < -0.39 is 23.8 Å². The summed E-state index contributed by atoms with van der Waals surface area (Å²) in [5.74, 6) is -4.08. The van der Waals surface area contributed by atoms with Gasteiger partial charge in [0.2, 0.25) is 0 Å². The number of carboxylic acid groups (broad SMARTS) is 1. The Hall–Kier alpha value is -3.91. The molecule has 12 heteroatoms. The van der Waals surface area contributed by atoms with Crippen molar-refractivity contribution in [2.45, 2.75) is 26.2 Å². The molecule has 0 saturated carbocycles. The van der Waals surface area contributed by atoms with Crippen LogP contribution >= 0.6 is 11.6 Å². The van der Waals surface area contributed by atoms with E-state index in [-0.39, 0.29) is 22.7 Å². The van der Waals surface area contributed by atoms with Gasteiger partial charge < -0.3 is 15.0 Å². The molecule has 2 N–H and O–H groups in total. The Kier molecular flexibility index (Phi) is 8.97. The summed E-state index contributed by atoms with van der Waals surface area (Å²) >= 11 is 6.22. The Labute approximate surface area is 200 Å². The van der Waals surface area contributed by atoms with Crippen LogP contribution in [0.3, 0.4) is 0 Å². The average molecular weight is 514 g/mol. The summed E-state index contributed by atoms with van der Waals surface area (Å²) < 4.78 is 60.0. The first-order valence-electron chi connectivity index (χ1n) is 9.70. The average Bonchev–Trinajstić information content (AvgIpc) is 2.79. The summed E-state index contributed by atoms with van der Waals surface area (Å²) in [5, 5.41) is 18.9. The molecule has 184 valence electrons. The molecule has 0 aliphatic heterocycles. The van der Waals surface area contributed by atoms with Crippen LogP contribution in [0.4, 0.5) is 27.6 Å². The maximum absolute atomic E-state index is 13.8. The van der Waals surface area contributed by atoms with E-state index in [1.165, 1.54) is 16.7 Å². The minimum atomic E-state index is -5.08. The standard InChI is InChI=1S/C21H16ClF2N3O.C2HF3O2/c1-13-8-19(26-11-16-6-7-17(23)9-18(16)24)20(22)21(28)27(13)12-15-4-2-14(10-25)3-5-15;3-2(4,5)1(6)7/h2-9,26H,11-12H2,1H3;(H,6,7). The number of carboxylic acids is 1. The number of halogens is 6. The molecule has 1 heterocycles. The number of carbonyl (C=O) groups is 1. The van der Waals surface area contributed by atoms with Crippen molar-refractivity contribution in [1.82, 2.24) is 4.57 Å². The van der Waals surface area contributed by atoms with Crippen molar-refractivity contribution in [3.05, 3.63) is 97.9 Å². The maximum atomic E-state index is 13.8. The van der Waals surface area contributed by atoms with Gasteiger partial charge in [0.05, 0.1) is 23.9 Å². The molecule has 2 aromatic carbocycles. The number of alkyl halides is 3. The molecule has 35 heavy (non-hydrogen) atoms. The zero-order chi connectivity index (χ0) is 26.3. The second-order valence-corrected chi connectivity index (χ2v) is 7.48. The summed E-state index contributed by atoms with van der Waals surface area (Å²) in [6, 6.07) is 14.0. The van der Waals surface area contributed by atoms with Crippen molar-refractivity contribution in [2.75, 3.05) is 5.32 Å². The summed E-state index contributed by atoms with van der Waals surface area (Å²) in [6.07, 6.45) is -5.08. The quantitative estimate of drug-likeness (QED) is 0.454. The third-order valence-corrected chi connectivity index (χ3v) is 4.96. The number of hydrogen-bond acceptors (Lipinski definition) is 4. The highest BCUT2D eigenvalue weighted by molar-refractivity contribution is 6.33. The monoisotopic (exact) mass is 513 g/mol. The van der Waals surface area contributed by atoms with E-state index in [1.807, 2.05) is 6.07 Å². The molecular weight excluding hydrogens is 497 g/mol. The highest BCUT2D eigenvalue weighted by Gasteiger charge is 2.38. The van der Waals surface area contributed by atoms with Crippen LogP contribution in [0.15, 0.2) is 53.3 Å². The van der Waals surface area contributed by atoms with Gasteiger partial charge in [-0.1, -0.05) is 29.8 Å². The predicted molar refractivity (Wildman–Crippen MR) is 118 cm³/mol. The number of aromatic nitrogens is 1. The number of nitrogens with zero attached hydrogens (tertiary/aromatic N) is 2. The molecule has 0 bridgehead atoms. The molecule has 0 amide bonds. The number of nitrogens with one attached hydrogen (secondary N) is 1. The van der Waals surface area contributed by atoms with Crippen molar-refractivity contribution < 1.29 is 31.9 Å². The predicted octanol–water partition coefficient (Wildman–Crippen LogP) is 5.25. The Morgan fingerprint density at radius 3 is 2.26 bits per heavy atom. The van der Waals surface area contributed by atoms with Crippen LogP contribution < -0.4 is 10.9 Å². The second kappa shape index (κ2) is 11.5. The van der Waals surface area contributed by atoms with Crippen LogP contribution in [-0.4, -0.2) is 21.8 Å². The fourth-order valence-electron chi connectivity index (χ4n) is 2.79. The SMILES string of the molecule is Cc1cc(NCc2ccc(F)cc2F)c(Cl)c(=O)n1Cc1ccc(C#N)cc1.O=C(O)C(F)(F)F. The lowest BCUT2D eigenvalue weighted by molar-refractivity contribution is -0.192. The smallest absolute Gasteiger partial charge is 0.475 e. The fraction of sp³-hybridized carbons (Fsp3) is 0.174. The highest BCUT2D eigenvalue weighted by Crippen LogP contribution is 2.21. The molecule has 0 atom stereocenters. The first kappa shape index (κ1) is 27.3. The van der Waals surface area contributed by atoms with Crippen molar-refractivity contribution in [3.63, 3.8) is 0 Å². The topological polar surface area (TPSA) is 95.1 Å². The molecule has 0 saturated heterocycles. The summed E-state index contributed by atoms with van der Waals surface area (Å²) in [7, 11) is 0. The van der Waals surface area contributed by atoms with Crippen molar-refractivity contribution >= 4 is 23.3 Å². The van der Waals surface area contributed by atoms with Gasteiger partial charge in [0.25, 0.3) is 5.56 Å². The lowest BCUT2D eigenvalue weighted by Crippen LogP contribution is -2.24. The van der Waals surface area contributed by atoms with Crippen LogP contribution in [0.1, 0.15) is 22.4 Å². The van der Waals surface area contributed by atoms with Crippen molar-refractivity contribution in [2.24, 2.45) is 0 Å². The third kappa shape index (κ3) is 7.55. The lowest BCUT2D eigenvalue weighted by atomic mass is 10.1. The number of aryl methyl sites for hydroxylation is 1. The van der Waals surface area contributed by atoms with E-state index in [2.05, 4.69) is 5.32 Å². The fourth-order valence-corrected chi connectivity index (χ4v) is 3.02. The minimum absolute atomic E-state index is 0.0123. The van der Waals surface area contributed by atoms with E-state index in [1.54, 1.807) is 37.3 Å². The molecule has 6 nitrogen and oxygen atoms in total. The number of hydrogen-bond donors (Lipinski definition) is 2. The van der Waals surface area contributed by atoms with Gasteiger partial charge >= 0.3 is 12.1 Å².